The molecule has 0 fully saturated rings. The number of aromatic carboxylic acids is 1. The Labute approximate surface area is 116 Å². The molecule has 0 atom stereocenters. The fraction of sp³-hybridized carbons (Fsp3) is 0.200. The van der Waals surface area contributed by atoms with Gasteiger partial charge in [0.05, 0.1) is 5.56 Å². The zero-order valence-corrected chi connectivity index (χ0v) is 11.6. The predicted octanol–water partition coefficient (Wildman–Crippen LogP) is 4.05. The molecular formula is C15H15NO2S. The van der Waals surface area contributed by atoms with Crippen LogP contribution in [-0.2, 0) is 0 Å². The third-order valence-electron chi connectivity index (χ3n) is 2.76. The highest BCUT2D eigenvalue weighted by atomic mass is 32.2. The Balaban J connectivity index is 2.24. The standard InChI is InChI=1S/C15H15NO2S/c1-10(2)11-5-7-12(8-6-11)19-14-13(15(17)18)4-3-9-16-14/h3-10H,1-2H3,(H,17,18). The summed E-state index contributed by atoms with van der Waals surface area (Å²) < 4.78 is 0. The summed E-state index contributed by atoms with van der Waals surface area (Å²) >= 11 is 1.37. The Kier molecular flexibility index (Phi) is 4.22. The maximum absolute atomic E-state index is 11.1. The van der Waals surface area contributed by atoms with E-state index in [0.717, 1.165) is 4.90 Å². The van der Waals surface area contributed by atoms with Crippen molar-refractivity contribution < 1.29 is 9.90 Å². The Hall–Kier alpha value is -1.81. The highest BCUT2D eigenvalue weighted by Crippen LogP contribution is 2.29. The van der Waals surface area contributed by atoms with Gasteiger partial charge in [-0.15, -0.1) is 0 Å². The molecule has 0 spiro atoms. The lowest BCUT2D eigenvalue weighted by molar-refractivity contribution is 0.0692. The largest absolute Gasteiger partial charge is 0.478 e. The fourth-order valence-corrected chi connectivity index (χ4v) is 2.54. The molecule has 0 saturated carbocycles. The van der Waals surface area contributed by atoms with Crippen molar-refractivity contribution >= 4 is 17.7 Å². The molecule has 1 aromatic heterocycles. The lowest BCUT2D eigenvalue weighted by Crippen LogP contribution is -1.99. The van der Waals surface area contributed by atoms with Crippen molar-refractivity contribution in [1.29, 1.82) is 0 Å². The van der Waals surface area contributed by atoms with E-state index in [4.69, 9.17) is 5.11 Å². The minimum atomic E-state index is -0.950. The van der Waals surface area contributed by atoms with Crippen molar-refractivity contribution in [3.8, 4) is 0 Å². The van der Waals surface area contributed by atoms with Crippen LogP contribution >= 0.6 is 11.8 Å². The molecule has 0 aliphatic carbocycles. The highest BCUT2D eigenvalue weighted by Gasteiger charge is 2.11. The van der Waals surface area contributed by atoms with Crippen LogP contribution in [-0.4, -0.2) is 16.1 Å². The van der Waals surface area contributed by atoms with Gasteiger partial charge in [0.15, 0.2) is 0 Å². The first-order valence-electron chi connectivity index (χ1n) is 6.04. The van der Waals surface area contributed by atoms with Gasteiger partial charge in [0.1, 0.15) is 5.03 Å². The monoisotopic (exact) mass is 273 g/mol. The van der Waals surface area contributed by atoms with Crippen LogP contribution in [0, 0.1) is 0 Å². The maximum Gasteiger partial charge on any atom is 0.338 e. The summed E-state index contributed by atoms with van der Waals surface area (Å²) in [5, 5.41) is 9.63. The van der Waals surface area contributed by atoms with Crippen molar-refractivity contribution in [3.05, 3.63) is 53.7 Å². The molecule has 0 radical (unpaired) electrons. The summed E-state index contributed by atoms with van der Waals surface area (Å²) in [6.45, 7) is 4.28. The molecular weight excluding hydrogens is 258 g/mol. The number of benzene rings is 1. The van der Waals surface area contributed by atoms with Crippen molar-refractivity contribution in [3.63, 3.8) is 0 Å². The molecule has 0 saturated heterocycles. The SMILES string of the molecule is CC(C)c1ccc(Sc2ncccc2C(=O)O)cc1. The number of hydrogen-bond acceptors (Lipinski definition) is 3. The molecule has 1 aromatic carbocycles. The van der Waals surface area contributed by atoms with Crippen LogP contribution in [0.4, 0.5) is 0 Å². The van der Waals surface area contributed by atoms with Gasteiger partial charge in [0.25, 0.3) is 0 Å². The molecule has 3 nitrogen and oxygen atoms in total. The Morgan fingerprint density at radius 3 is 2.47 bits per heavy atom. The Bertz CT molecular complexity index is 579. The van der Waals surface area contributed by atoms with Crippen LogP contribution in [0.25, 0.3) is 0 Å². The Morgan fingerprint density at radius 1 is 1.21 bits per heavy atom. The number of pyridine rings is 1. The molecule has 4 heteroatoms. The molecule has 19 heavy (non-hydrogen) atoms. The Morgan fingerprint density at radius 2 is 1.89 bits per heavy atom. The lowest BCUT2D eigenvalue weighted by atomic mass is 10.0. The van der Waals surface area contributed by atoms with E-state index in [2.05, 4.69) is 31.0 Å². The third-order valence-corrected chi connectivity index (χ3v) is 3.79. The number of carbonyl (C=O) groups is 1. The zero-order valence-electron chi connectivity index (χ0n) is 10.8. The van der Waals surface area contributed by atoms with E-state index in [1.54, 1.807) is 18.3 Å². The summed E-state index contributed by atoms with van der Waals surface area (Å²) in [5.41, 5.74) is 1.50. The molecule has 1 N–H and O–H groups in total. The van der Waals surface area contributed by atoms with Gasteiger partial charge >= 0.3 is 5.97 Å². The average molecular weight is 273 g/mol. The summed E-state index contributed by atoms with van der Waals surface area (Å²) in [6, 6.07) is 11.3. The fourth-order valence-electron chi connectivity index (χ4n) is 1.67. The van der Waals surface area contributed by atoms with Gasteiger partial charge in [-0.2, -0.15) is 0 Å². The molecule has 0 bridgehead atoms. The number of nitrogens with zero attached hydrogens (tertiary/aromatic N) is 1. The van der Waals surface area contributed by atoms with E-state index in [-0.39, 0.29) is 5.56 Å². The second kappa shape index (κ2) is 5.89. The normalized spacial score (nSPS) is 10.7. The zero-order chi connectivity index (χ0) is 13.8. The number of aromatic nitrogens is 1. The first kappa shape index (κ1) is 13.6. The van der Waals surface area contributed by atoms with Gasteiger partial charge in [0.2, 0.25) is 0 Å². The molecule has 0 aliphatic heterocycles. The summed E-state index contributed by atoms with van der Waals surface area (Å²) in [5.74, 6) is -0.460. The van der Waals surface area contributed by atoms with Crippen molar-refractivity contribution in [1.82, 2.24) is 4.98 Å². The van der Waals surface area contributed by atoms with E-state index < -0.39 is 5.97 Å². The minimum Gasteiger partial charge on any atom is -0.478 e. The van der Waals surface area contributed by atoms with Crippen molar-refractivity contribution in [2.45, 2.75) is 29.7 Å². The van der Waals surface area contributed by atoms with E-state index >= 15 is 0 Å². The van der Waals surface area contributed by atoms with E-state index in [9.17, 15) is 4.79 Å². The van der Waals surface area contributed by atoms with Crippen molar-refractivity contribution in [2.24, 2.45) is 0 Å². The average Bonchev–Trinajstić information content (AvgIpc) is 2.39. The van der Waals surface area contributed by atoms with Gasteiger partial charge < -0.3 is 5.11 Å². The summed E-state index contributed by atoms with van der Waals surface area (Å²) in [4.78, 5) is 16.2. The number of carboxylic acids is 1. The maximum atomic E-state index is 11.1. The molecule has 0 unspecified atom stereocenters. The smallest absolute Gasteiger partial charge is 0.338 e. The third kappa shape index (κ3) is 3.35. The van der Waals surface area contributed by atoms with Crippen LogP contribution in [0.3, 0.4) is 0 Å². The van der Waals surface area contributed by atoms with Crippen LogP contribution < -0.4 is 0 Å². The van der Waals surface area contributed by atoms with Gasteiger partial charge in [-0.05, 0) is 35.7 Å². The number of carboxylic acid groups (broad SMARTS) is 1. The molecule has 2 aromatic rings. The van der Waals surface area contributed by atoms with Crippen LogP contribution in [0.2, 0.25) is 0 Å². The van der Waals surface area contributed by atoms with Gasteiger partial charge in [-0.1, -0.05) is 37.7 Å². The van der Waals surface area contributed by atoms with Crippen molar-refractivity contribution in [2.75, 3.05) is 0 Å². The van der Waals surface area contributed by atoms with E-state index in [1.807, 2.05) is 12.1 Å². The molecule has 0 amide bonds. The van der Waals surface area contributed by atoms with Crippen LogP contribution in [0.5, 0.6) is 0 Å². The summed E-state index contributed by atoms with van der Waals surface area (Å²) in [7, 11) is 0. The first-order valence-corrected chi connectivity index (χ1v) is 6.85. The van der Waals surface area contributed by atoms with Crippen LogP contribution in [0.1, 0.15) is 35.7 Å². The van der Waals surface area contributed by atoms with E-state index in [0.29, 0.717) is 10.9 Å². The molecule has 0 aliphatic rings. The molecule has 2 rings (SSSR count). The second-order valence-electron chi connectivity index (χ2n) is 4.49. The number of rotatable bonds is 4. The highest BCUT2D eigenvalue weighted by molar-refractivity contribution is 7.99. The first-order chi connectivity index (χ1) is 9.08. The quantitative estimate of drug-likeness (QED) is 0.912. The molecule has 98 valence electrons. The predicted molar refractivity (Wildman–Crippen MR) is 75.9 cm³/mol. The minimum absolute atomic E-state index is 0.237. The van der Waals surface area contributed by atoms with Gasteiger partial charge in [0, 0.05) is 11.1 Å². The summed E-state index contributed by atoms with van der Waals surface area (Å²) in [6.07, 6.45) is 1.61. The number of hydrogen-bond donors (Lipinski definition) is 1. The second-order valence-corrected chi connectivity index (χ2v) is 5.55. The lowest BCUT2D eigenvalue weighted by Gasteiger charge is -2.07. The van der Waals surface area contributed by atoms with E-state index in [1.165, 1.54) is 17.3 Å². The van der Waals surface area contributed by atoms with Gasteiger partial charge in [-0.3, -0.25) is 0 Å². The molecule has 1 heterocycles. The topological polar surface area (TPSA) is 50.2 Å². The van der Waals surface area contributed by atoms with Gasteiger partial charge in [-0.25, -0.2) is 9.78 Å². The van der Waals surface area contributed by atoms with Crippen LogP contribution in [0.15, 0.2) is 52.5 Å².